The summed E-state index contributed by atoms with van der Waals surface area (Å²) in [4.78, 5) is 3.86. The van der Waals surface area contributed by atoms with E-state index in [1.807, 2.05) is 0 Å². The Bertz CT molecular complexity index is 1170. The Morgan fingerprint density at radius 1 is 1.08 bits per heavy atom. The van der Waals surface area contributed by atoms with Crippen molar-refractivity contribution in [3.8, 4) is 17.3 Å². The summed E-state index contributed by atoms with van der Waals surface area (Å²) in [5.41, 5.74) is 2.54. The first-order valence-electron chi connectivity index (χ1n) is 7.38. The van der Waals surface area contributed by atoms with Gasteiger partial charge in [-0.3, -0.25) is 0 Å². The number of aromatic nitrogens is 3. The number of hydrogen-bond acceptors (Lipinski definition) is 8. The molecule has 0 saturated carbocycles. The molecule has 0 amide bonds. The van der Waals surface area contributed by atoms with Crippen molar-refractivity contribution in [2.75, 3.05) is 23.7 Å². The molecule has 138 valence electrons. The van der Waals surface area contributed by atoms with Gasteiger partial charge in [0.2, 0.25) is 0 Å². The third-order valence-corrected chi connectivity index (χ3v) is 4.45. The van der Waals surface area contributed by atoms with Gasteiger partial charge in [-0.15, -0.1) is 5.10 Å². The first-order valence-corrected chi connectivity index (χ1v) is 11.3. The second-order valence-corrected chi connectivity index (χ2v) is 9.39. The van der Waals surface area contributed by atoms with Gasteiger partial charge in [-0.2, -0.15) is 13.4 Å². The molecule has 0 spiro atoms. The molecule has 0 radical (unpaired) electrons. The molecule has 0 unspecified atom stereocenters. The van der Waals surface area contributed by atoms with Crippen LogP contribution in [0.4, 0.5) is 5.69 Å². The average molecular weight is 396 g/mol. The molecule has 26 heavy (non-hydrogen) atoms. The van der Waals surface area contributed by atoms with Gasteiger partial charge in [0.1, 0.15) is 5.88 Å². The number of nitrogens with one attached hydrogen (secondary N) is 1. The molecule has 3 aromatic rings. The van der Waals surface area contributed by atoms with Gasteiger partial charge in [0.15, 0.2) is 9.84 Å². The smallest absolute Gasteiger partial charge is 0.350 e. The molecule has 0 fully saturated rings. The number of fused-ring (bicyclic) bond motifs is 1. The molecule has 0 bridgehead atoms. The van der Waals surface area contributed by atoms with E-state index < -0.39 is 20.0 Å². The normalized spacial score (nSPS) is 12.2. The minimum Gasteiger partial charge on any atom is -0.371 e. The van der Waals surface area contributed by atoms with Gasteiger partial charge in [-0.05, 0) is 18.2 Å². The van der Waals surface area contributed by atoms with Crippen LogP contribution in [0.25, 0.3) is 16.8 Å². The van der Waals surface area contributed by atoms with E-state index in [1.54, 1.807) is 36.4 Å². The highest BCUT2D eigenvalue weighted by molar-refractivity contribution is 7.90. The molecular formula is C15H16N4O5S2. The second-order valence-electron chi connectivity index (χ2n) is 5.68. The highest BCUT2D eigenvalue weighted by atomic mass is 32.2. The monoisotopic (exact) mass is 396 g/mol. The van der Waals surface area contributed by atoms with Crippen LogP contribution in [0.2, 0.25) is 0 Å². The topological polar surface area (TPSA) is 120 Å². The standard InChI is InChI=1S/C15H16N4O5S2/c1-25(20,21)10-17-13-6-4-3-5-12(13)14-8-7-11-9-16-15(18-19(11)14)24-26(2,22)23/h3-9,17H,10H2,1-2H3. The van der Waals surface area contributed by atoms with E-state index in [0.29, 0.717) is 22.5 Å². The van der Waals surface area contributed by atoms with Crippen LogP contribution >= 0.6 is 0 Å². The van der Waals surface area contributed by atoms with Crippen molar-refractivity contribution in [1.29, 1.82) is 0 Å². The summed E-state index contributed by atoms with van der Waals surface area (Å²) in [6, 6.07) is 10.3. The minimum atomic E-state index is -3.76. The van der Waals surface area contributed by atoms with Crippen molar-refractivity contribution in [3.05, 3.63) is 42.6 Å². The maximum absolute atomic E-state index is 11.4. The second kappa shape index (κ2) is 6.57. The fourth-order valence-corrected chi connectivity index (χ4v) is 3.10. The number of anilines is 1. The SMILES string of the molecule is CS(=O)(=O)CNc1ccccc1-c1ccc2cnc(OS(C)(=O)=O)nn12. The van der Waals surface area contributed by atoms with Crippen LogP contribution in [0.15, 0.2) is 42.6 Å². The Balaban J connectivity index is 2.07. The van der Waals surface area contributed by atoms with E-state index in [2.05, 4.69) is 15.4 Å². The predicted molar refractivity (Wildman–Crippen MR) is 97.2 cm³/mol. The average Bonchev–Trinajstić information content (AvgIpc) is 2.94. The lowest BCUT2D eigenvalue weighted by molar-refractivity contribution is 0.462. The summed E-state index contributed by atoms with van der Waals surface area (Å²) in [5.74, 6) is -0.218. The molecule has 0 aliphatic heterocycles. The van der Waals surface area contributed by atoms with Crippen LogP contribution in [0.1, 0.15) is 0 Å². The number of benzene rings is 1. The molecule has 9 nitrogen and oxygen atoms in total. The molecule has 2 heterocycles. The summed E-state index contributed by atoms with van der Waals surface area (Å²) in [6.07, 6.45) is 3.47. The van der Waals surface area contributed by atoms with Gasteiger partial charge in [-0.25, -0.2) is 12.9 Å². The lowest BCUT2D eigenvalue weighted by Gasteiger charge is -2.11. The quantitative estimate of drug-likeness (QED) is 0.616. The number of para-hydroxylation sites is 1. The first-order chi connectivity index (χ1) is 12.1. The highest BCUT2D eigenvalue weighted by Gasteiger charge is 2.14. The van der Waals surface area contributed by atoms with Gasteiger partial charge < -0.3 is 9.50 Å². The highest BCUT2D eigenvalue weighted by Crippen LogP contribution is 2.29. The van der Waals surface area contributed by atoms with E-state index in [1.165, 1.54) is 10.7 Å². The Hall–Kier alpha value is -2.66. The minimum absolute atomic E-state index is 0.218. The van der Waals surface area contributed by atoms with E-state index >= 15 is 0 Å². The third kappa shape index (κ3) is 4.29. The molecule has 3 rings (SSSR count). The third-order valence-electron chi connectivity index (χ3n) is 3.33. The Morgan fingerprint density at radius 2 is 1.81 bits per heavy atom. The molecule has 11 heteroatoms. The van der Waals surface area contributed by atoms with Crippen LogP contribution in [0, 0.1) is 0 Å². The van der Waals surface area contributed by atoms with Crippen molar-refractivity contribution in [2.24, 2.45) is 0 Å². The summed E-state index contributed by atoms with van der Waals surface area (Å²) in [6.45, 7) is 0. The molecule has 0 aliphatic rings. The van der Waals surface area contributed by atoms with Gasteiger partial charge in [0, 0.05) is 17.5 Å². The van der Waals surface area contributed by atoms with E-state index in [0.717, 1.165) is 12.5 Å². The zero-order chi connectivity index (χ0) is 18.9. The van der Waals surface area contributed by atoms with Crippen LogP contribution in [-0.4, -0.2) is 49.8 Å². The van der Waals surface area contributed by atoms with Gasteiger partial charge in [0.25, 0.3) is 0 Å². The Kier molecular flexibility index (Phi) is 4.59. The van der Waals surface area contributed by atoms with Crippen molar-refractivity contribution < 1.29 is 21.0 Å². The maximum atomic E-state index is 11.4. The van der Waals surface area contributed by atoms with Gasteiger partial charge in [-0.1, -0.05) is 18.2 Å². The van der Waals surface area contributed by atoms with Crippen LogP contribution in [0.5, 0.6) is 6.01 Å². The van der Waals surface area contributed by atoms with Crippen molar-refractivity contribution in [1.82, 2.24) is 14.6 Å². The summed E-state index contributed by atoms with van der Waals surface area (Å²) < 4.78 is 51.6. The van der Waals surface area contributed by atoms with Crippen LogP contribution in [0.3, 0.4) is 0 Å². The largest absolute Gasteiger partial charge is 0.371 e. The zero-order valence-corrected chi connectivity index (χ0v) is 15.6. The molecule has 0 aliphatic carbocycles. The zero-order valence-electron chi connectivity index (χ0n) is 13.9. The van der Waals surface area contributed by atoms with Gasteiger partial charge >= 0.3 is 16.1 Å². The molecule has 0 atom stereocenters. The lowest BCUT2D eigenvalue weighted by atomic mass is 10.1. The number of rotatable bonds is 6. The summed E-state index contributed by atoms with van der Waals surface area (Å²) >= 11 is 0. The van der Waals surface area contributed by atoms with Crippen LogP contribution in [-0.2, 0) is 20.0 Å². The Labute approximate surface area is 150 Å². The first kappa shape index (κ1) is 18.1. The fourth-order valence-electron chi connectivity index (χ4n) is 2.33. The fraction of sp³-hybridized carbons (Fsp3) is 0.200. The van der Waals surface area contributed by atoms with E-state index in [4.69, 9.17) is 4.18 Å². The van der Waals surface area contributed by atoms with Gasteiger partial charge in [0.05, 0.1) is 23.7 Å². The molecule has 2 aromatic heterocycles. The number of sulfone groups is 1. The van der Waals surface area contributed by atoms with Crippen LogP contribution < -0.4 is 9.50 Å². The summed E-state index contributed by atoms with van der Waals surface area (Å²) in [7, 11) is -6.96. The van der Waals surface area contributed by atoms with E-state index in [9.17, 15) is 16.8 Å². The van der Waals surface area contributed by atoms with E-state index in [-0.39, 0.29) is 11.9 Å². The van der Waals surface area contributed by atoms with Crippen molar-refractivity contribution >= 4 is 31.2 Å². The number of hydrogen-bond donors (Lipinski definition) is 1. The maximum Gasteiger partial charge on any atom is 0.350 e. The lowest BCUT2D eigenvalue weighted by Crippen LogP contribution is -2.13. The molecular weight excluding hydrogens is 380 g/mol. The predicted octanol–water partition coefficient (Wildman–Crippen LogP) is 1.15. The number of nitrogens with zero attached hydrogens (tertiary/aromatic N) is 3. The Morgan fingerprint density at radius 3 is 2.50 bits per heavy atom. The molecule has 0 saturated heterocycles. The van der Waals surface area contributed by atoms with Crippen molar-refractivity contribution in [3.63, 3.8) is 0 Å². The van der Waals surface area contributed by atoms with Crippen molar-refractivity contribution in [2.45, 2.75) is 0 Å². The molecule has 1 N–H and O–H groups in total. The molecule has 1 aromatic carbocycles. The summed E-state index contributed by atoms with van der Waals surface area (Å²) in [5, 5.41) is 6.99.